The number of ether oxygens (including phenoxy) is 1. The van der Waals surface area contributed by atoms with E-state index in [2.05, 4.69) is 0 Å². The minimum absolute atomic E-state index is 0.0733. The van der Waals surface area contributed by atoms with E-state index >= 15 is 0 Å². The normalized spacial score (nSPS) is 15.5. The Morgan fingerprint density at radius 3 is 1.52 bits per heavy atom. The highest BCUT2D eigenvalue weighted by Crippen LogP contribution is 2.37. The molecule has 0 aromatic carbocycles. The van der Waals surface area contributed by atoms with Crippen LogP contribution in [0, 0.1) is 11.8 Å². The SMILES string of the molecule is COC(C)[Si](OCC(C)C)(OCC(C)C)OC(F)(F)C(C)(C)F. The maximum atomic E-state index is 14.2. The quantitative estimate of drug-likeness (QED) is 0.518. The molecule has 0 radical (unpaired) electrons. The van der Waals surface area contributed by atoms with Crippen LogP contribution in [0.15, 0.2) is 0 Å². The first-order chi connectivity index (χ1) is 10.3. The number of rotatable bonds is 11. The van der Waals surface area contributed by atoms with Gasteiger partial charge in [0, 0.05) is 20.3 Å². The Kier molecular flexibility index (Phi) is 8.74. The first kappa shape index (κ1) is 22.8. The lowest BCUT2D eigenvalue weighted by Crippen LogP contribution is -2.62. The van der Waals surface area contributed by atoms with Crippen LogP contribution in [0.2, 0.25) is 0 Å². The van der Waals surface area contributed by atoms with Crippen molar-refractivity contribution < 1.29 is 31.2 Å². The molecule has 0 N–H and O–H groups in total. The fourth-order valence-corrected chi connectivity index (χ4v) is 4.28. The topological polar surface area (TPSA) is 36.9 Å². The summed E-state index contributed by atoms with van der Waals surface area (Å²) in [7, 11) is -2.63. The first-order valence-corrected chi connectivity index (χ1v) is 9.65. The highest BCUT2D eigenvalue weighted by Gasteiger charge is 2.61. The molecule has 0 fully saturated rings. The van der Waals surface area contributed by atoms with Crippen molar-refractivity contribution >= 4 is 8.80 Å². The first-order valence-electron chi connectivity index (χ1n) is 7.85. The minimum Gasteiger partial charge on any atom is -0.377 e. The van der Waals surface area contributed by atoms with Crippen molar-refractivity contribution in [2.75, 3.05) is 20.3 Å². The second-order valence-corrected chi connectivity index (χ2v) is 9.78. The van der Waals surface area contributed by atoms with E-state index in [1.807, 2.05) is 27.7 Å². The summed E-state index contributed by atoms with van der Waals surface area (Å²) in [5, 5.41) is 0. The molecular formula is C15H31F3O4Si. The zero-order valence-electron chi connectivity index (χ0n) is 15.4. The van der Waals surface area contributed by atoms with Gasteiger partial charge in [-0.2, -0.15) is 8.78 Å². The molecule has 8 heteroatoms. The van der Waals surface area contributed by atoms with Gasteiger partial charge in [-0.3, -0.25) is 0 Å². The molecular weight excluding hydrogens is 329 g/mol. The molecule has 0 aliphatic rings. The van der Waals surface area contributed by atoms with Gasteiger partial charge < -0.3 is 18.0 Å². The number of halogens is 3. The van der Waals surface area contributed by atoms with Crippen molar-refractivity contribution in [1.29, 1.82) is 0 Å². The van der Waals surface area contributed by atoms with Crippen molar-refractivity contribution in [3.8, 4) is 0 Å². The molecule has 0 aromatic rings. The summed E-state index contributed by atoms with van der Waals surface area (Å²) >= 11 is 0. The molecule has 140 valence electrons. The van der Waals surface area contributed by atoms with Crippen LogP contribution in [-0.2, 0) is 18.0 Å². The van der Waals surface area contributed by atoms with Crippen LogP contribution in [0.1, 0.15) is 48.5 Å². The molecule has 0 saturated carbocycles. The van der Waals surface area contributed by atoms with Crippen molar-refractivity contribution in [2.45, 2.75) is 66.0 Å². The lowest BCUT2D eigenvalue weighted by molar-refractivity contribution is -0.279. The predicted octanol–water partition coefficient (Wildman–Crippen LogP) is 4.20. The van der Waals surface area contributed by atoms with E-state index in [0.717, 1.165) is 13.8 Å². The molecule has 4 nitrogen and oxygen atoms in total. The molecule has 0 aromatic heterocycles. The monoisotopic (exact) mass is 360 g/mol. The number of methoxy groups -OCH3 is 1. The van der Waals surface area contributed by atoms with Gasteiger partial charge in [0.2, 0.25) is 0 Å². The number of hydrogen-bond acceptors (Lipinski definition) is 4. The van der Waals surface area contributed by atoms with Crippen LogP contribution in [0.3, 0.4) is 0 Å². The third kappa shape index (κ3) is 7.09. The third-order valence-corrected chi connectivity index (χ3v) is 5.96. The Morgan fingerprint density at radius 2 is 1.26 bits per heavy atom. The fraction of sp³-hybridized carbons (Fsp3) is 1.00. The van der Waals surface area contributed by atoms with Gasteiger partial charge in [0.05, 0.1) is 0 Å². The Bertz CT molecular complexity index is 334. The van der Waals surface area contributed by atoms with Gasteiger partial charge in [0.25, 0.3) is 0 Å². The Hall–Kier alpha value is -0.153. The number of alkyl halides is 3. The summed E-state index contributed by atoms with van der Waals surface area (Å²) in [5.41, 5.74) is -3.73. The van der Waals surface area contributed by atoms with Crippen molar-refractivity contribution in [2.24, 2.45) is 11.8 Å². The molecule has 0 bridgehead atoms. The minimum atomic E-state index is -4.06. The summed E-state index contributed by atoms with van der Waals surface area (Å²) in [4.78, 5) is 0. The zero-order chi connectivity index (χ0) is 18.5. The maximum absolute atomic E-state index is 14.2. The van der Waals surface area contributed by atoms with Crippen LogP contribution in [0.5, 0.6) is 0 Å². The Morgan fingerprint density at radius 1 is 0.870 bits per heavy atom. The van der Waals surface area contributed by atoms with Gasteiger partial charge in [-0.15, -0.1) is 0 Å². The summed E-state index contributed by atoms with van der Waals surface area (Å²) in [6.07, 6.45) is -4.06. The molecule has 0 aliphatic carbocycles. The zero-order valence-corrected chi connectivity index (χ0v) is 16.4. The van der Waals surface area contributed by atoms with Crippen LogP contribution in [0.4, 0.5) is 13.2 Å². The van der Waals surface area contributed by atoms with Crippen molar-refractivity contribution in [1.82, 2.24) is 0 Å². The van der Waals surface area contributed by atoms with Gasteiger partial charge >= 0.3 is 14.9 Å². The molecule has 0 aliphatic heterocycles. The van der Waals surface area contributed by atoms with Crippen molar-refractivity contribution in [3.63, 3.8) is 0 Å². The van der Waals surface area contributed by atoms with Crippen LogP contribution < -0.4 is 0 Å². The molecule has 0 saturated heterocycles. The average Bonchev–Trinajstić information content (AvgIpc) is 2.39. The lowest BCUT2D eigenvalue weighted by Gasteiger charge is -2.39. The second-order valence-electron chi connectivity index (χ2n) is 6.98. The maximum Gasteiger partial charge on any atom is 0.535 e. The lowest BCUT2D eigenvalue weighted by atomic mass is 10.1. The van der Waals surface area contributed by atoms with Gasteiger partial charge in [-0.05, 0) is 32.6 Å². The number of hydrogen-bond donors (Lipinski definition) is 0. The van der Waals surface area contributed by atoms with Gasteiger partial charge in [-0.25, -0.2) is 4.39 Å². The highest BCUT2D eigenvalue weighted by atomic mass is 28.4. The molecule has 1 atom stereocenters. The van der Waals surface area contributed by atoms with Crippen LogP contribution in [0.25, 0.3) is 0 Å². The fourth-order valence-electron chi connectivity index (χ4n) is 1.43. The third-order valence-electron chi connectivity index (χ3n) is 3.05. The van der Waals surface area contributed by atoms with Gasteiger partial charge in [0.1, 0.15) is 5.73 Å². The average molecular weight is 360 g/mol. The van der Waals surface area contributed by atoms with E-state index in [9.17, 15) is 13.2 Å². The highest BCUT2D eigenvalue weighted by molar-refractivity contribution is 6.62. The molecule has 0 heterocycles. The van der Waals surface area contributed by atoms with E-state index in [1.54, 1.807) is 0 Å². The van der Waals surface area contributed by atoms with Gasteiger partial charge in [-0.1, -0.05) is 27.7 Å². The van der Waals surface area contributed by atoms with E-state index < -0.39 is 26.3 Å². The Balaban J connectivity index is 5.58. The predicted molar refractivity (Wildman–Crippen MR) is 85.0 cm³/mol. The summed E-state index contributed by atoms with van der Waals surface area (Å²) in [5.74, 6) is 0.147. The van der Waals surface area contributed by atoms with Crippen LogP contribution >= 0.6 is 0 Å². The van der Waals surface area contributed by atoms with E-state index in [1.165, 1.54) is 14.0 Å². The smallest absolute Gasteiger partial charge is 0.377 e. The second kappa shape index (κ2) is 8.80. The van der Waals surface area contributed by atoms with Gasteiger partial charge in [0.15, 0.2) is 5.67 Å². The van der Waals surface area contributed by atoms with E-state index in [-0.39, 0.29) is 25.0 Å². The van der Waals surface area contributed by atoms with Crippen LogP contribution in [-0.4, -0.2) is 46.6 Å². The summed E-state index contributed by atoms with van der Waals surface area (Å²) < 4.78 is 63.6. The molecule has 23 heavy (non-hydrogen) atoms. The molecule has 0 rings (SSSR count). The van der Waals surface area contributed by atoms with Crippen molar-refractivity contribution in [3.05, 3.63) is 0 Å². The molecule has 0 amide bonds. The van der Waals surface area contributed by atoms with E-state index in [0.29, 0.717) is 0 Å². The molecule has 1 unspecified atom stereocenters. The van der Waals surface area contributed by atoms with E-state index in [4.69, 9.17) is 18.0 Å². The largest absolute Gasteiger partial charge is 0.535 e. The standard InChI is InChI=1S/C15H31F3O4Si/c1-11(2)9-20-23(13(5)19-8,21-10-12(3)4)22-15(17,18)14(6,7)16/h11-13H,9-10H2,1-8H3. The molecule has 0 spiro atoms. The summed E-state index contributed by atoms with van der Waals surface area (Å²) in [6, 6.07) is 0. The Labute approximate surface area is 139 Å². The summed E-state index contributed by atoms with van der Waals surface area (Å²) in [6.45, 7) is 10.8.